The van der Waals surface area contributed by atoms with Gasteiger partial charge in [0.2, 0.25) is 0 Å². The molecule has 102 valence electrons. The Bertz CT molecular complexity index is 387. The molecule has 0 aromatic rings. The molecule has 2 aliphatic carbocycles. The van der Waals surface area contributed by atoms with E-state index in [9.17, 15) is 4.79 Å². The van der Waals surface area contributed by atoms with Crippen LogP contribution in [-0.2, 0) is 9.53 Å². The summed E-state index contributed by atoms with van der Waals surface area (Å²) in [6.07, 6.45) is 6.86. The molecule has 0 N–H and O–H groups in total. The lowest BCUT2D eigenvalue weighted by molar-refractivity contribution is -0.164. The van der Waals surface area contributed by atoms with Gasteiger partial charge in [0.05, 0.1) is 6.42 Å². The van der Waals surface area contributed by atoms with Gasteiger partial charge in [-0.2, -0.15) is 0 Å². The highest BCUT2D eigenvalue weighted by Crippen LogP contribution is 2.64. The van der Waals surface area contributed by atoms with Crippen molar-refractivity contribution in [1.29, 1.82) is 0 Å². The zero-order valence-electron chi connectivity index (χ0n) is 12.2. The van der Waals surface area contributed by atoms with Gasteiger partial charge in [0.25, 0.3) is 0 Å². The van der Waals surface area contributed by atoms with Crippen molar-refractivity contribution >= 4 is 5.97 Å². The number of fused-ring (bicyclic) bond motifs is 3. The lowest BCUT2D eigenvalue weighted by Crippen LogP contribution is -2.55. The molecule has 3 fully saturated rings. The zero-order chi connectivity index (χ0) is 13.2. The van der Waals surface area contributed by atoms with Crippen LogP contribution in [0.1, 0.15) is 66.2 Å². The van der Waals surface area contributed by atoms with E-state index in [2.05, 4.69) is 27.7 Å². The second kappa shape index (κ2) is 3.52. The molecule has 1 aliphatic heterocycles. The zero-order valence-corrected chi connectivity index (χ0v) is 12.2. The van der Waals surface area contributed by atoms with Crippen molar-refractivity contribution in [3.05, 3.63) is 0 Å². The van der Waals surface area contributed by atoms with Crippen molar-refractivity contribution in [3.63, 3.8) is 0 Å². The Balaban J connectivity index is 2.00. The third kappa shape index (κ3) is 1.50. The number of esters is 1. The fraction of sp³-hybridized carbons (Fsp3) is 0.938. The minimum absolute atomic E-state index is 0.0350. The van der Waals surface area contributed by atoms with Gasteiger partial charge in [-0.15, -0.1) is 0 Å². The highest BCUT2D eigenvalue weighted by molar-refractivity contribution is 5.73. The number of carbonyl (C=O) groups is 1. The van der Waals surface area contributed by atoms with Crippen molar-refractivity contribution in [2.45, 2.75) is 71.8 Å². The quantitative estimate of drug-likeness (QED) is 0.609. The Kier molecular flexibility index (Phi) is 2.44. The normalized spacial score (nSPS) is 50.3. The van der Waals surface area contributed by atoms with E-state index in [-0.39, 0.29) is 11.6 Å². The molecule has 3 rings (SSSR count). The minimum Gasteiger partial charge on any atom is -0.459 e. The van der Waals surface area contributed by atoms with E-state index < -0.39 is 0 Å². The molecule has 0 aromatic carbocycles. The van der Waals surface area contributed by atoms with Crippen LogP contribution in [0.15, 0.2) is 0 Å². The van der Waals surface area contributed by atoms with Gasteiger partial charge in [-0.25, -0.2) is 0 Å². The summed E-state index contributed by atoms with van der Waals surface area (Å²) in [6, 6.07) is 0. The van der Waals surface area contributed by atoms with Crippen molar-refractivity contribution in [1.82, 2.24) is 0 Å². The fourth-order valence-electron chi connectivity index (χ4n) is 5.65. The maximum Gasteiger partial charge on any atom is 0.306 e. The van der Waals surface area contributed by atoms with Crippen LogP contribution in [0.3, 0.4) is 0 Å². The molecule has 0 radical (unpaired) electrons. The van der Waals surface area contributed by atoms with Gasteiger partial charge in [0.15, 0.2) is 0 Å². The van der Waals surface area contributed by atoms with E-state index in [1.807, 2.05) is 0 Å². The standard InChI is InChI=1S/C16H26O2/c1-14(2)7-5-8-15(3)11(14)6-9-16(4)12(15)10-13(17)18-16/h11-12H,5-10H2,1-4H3/t11?,12-,15+,16?/m1/s1. The third-order valence-corrected chi connectivity index (χ3v) is 6.46. The van der Waals surface area contributed by atoms with Crippen LogP contribution in [0, 0.1) is 22.7 Å². The monoisotopic (exact) mass is 250 g/mol. The maximum atomic E-state index is 11.8. The van der Waals surface area contributed by atoms with Crippen LogP contribution in [-0.4, -0.2) is 11.6 Å². The molecular formula is C16H26O2. The van der Waals surface area contributed by atoms with Crippen LogP contribution in [0.4, 0.5) is 0 Å². The number of carbonyl (C=O) groups excluding carboxylic acids is 1. The molecule has 2 heteroatoms. The highest BCUT2D eigenvalue weighted by atomic mass is 16.6. The molecule has 0 bridgehead atoms. The van der Waals surface area contributed by atoms with Gasteiger partial charge in [-0.05, 0) is 49.4 Å². The average Bonchev–Trinajstić information content (AvgIpc) is 2.53. The number of hydrogen-bond donors (Lipinski definition) is 0. The SMILES string of the molecule is CC1(C)CCC[C@@]2(C)C1CCC1(C)OC(=O)C[C@@H]12. The molecule has 0 aromatic heterocycles. The molecular weight excluding hydrogens is 224 g/mol. The third-order valence-electron chi connectivity index (χ3n) is 6.46. The van der Waals surface area contributed by atoms with E-state index in [1.54, 1.807) is 0 Å². The molecule has 2 saturated carbocycles. The molecule has 1 heterocycles. The molecule has 3 aliphatic rings. The Morgan fingerprint density at radius 3 is 2.50 bits per heavy atom. The Morgan fingerprint density at radius 2 is 1.78 bits per heavy atom. The summed E-state index contributed by atoms with van der Waals surface area (Å²) in [6.45, 7) is 9.46. The van der Waals surface area contributed by atoms with Crippen molar-refractivity contribution in [3.8, 4) is 0 Å². The van der Waals surface area contributed by atoms with Crippen LogP contribution in [0.5, 0.6) is 0 Å². The number of rotatable bonds is 0. The summed E-state index contributed by atoms with van der Waals surface area (Å²) in [5.74, 6) is 1.23. The first-order valence-electron chi connectivity index (χ1n) is 7.50. The molecule has 1 saturated heterocycles. The number of ether oxygens (including phenoxy) is 1. The van der Waals surface area contributed by atoms with Crippen molar-refractivity contribution < 1.29 is 9.53 Å². The minimum atomic E-state index is -0.171. The van der Waals surface area contributed by atoms with Gasteiger partial charge in [0.1, 0.15) is 5.60 Å². The summed E-state index contributed by atoms with van der Waals surface area (Å²) >= 11 is 0. The van der Waals surface area contributed by atoms with Gasteiger partial charge >= 0.3 is 5.97 Å². The van der Waals surface area contributed by atoms with E-state index in [0.717, 1.165) is 12.3 Å². The molecule has 4 atom stereocenters. The van der Waals surface area contributed by atoms with Crippen LogP contribution in [0.2, 0.25) is 0 Å². The summed E-state index contributed by atoms with van der Waals surface area (Å²) in [5, 5.41) is 0. The van der Waals surface area contributed by atoms with Crippen molar-refractivity contribution in [2.75, 3.05) is 0 Å². The average molecular weight is 250 g/mol. The predicted molar refractivity (Wildman–Crippen MR) is 71.1 cm³/mol. The summed E-state index contributed by atoms with van der Waals surface area (Å²) in [5.41, 5.74) is 0.566. The van der Waals surface area contributed by atoms with Gasteiger partial charge in [-0.3, -0.25) is 4.79 Å². The topological polar surface area (TPSA) is 26.3 Å². The molecule has 18 heavy (non-hydrogen) atoms. The van der Waals surface area contributed by atoms with E-state index in [0.29, 0.717) is 23.2 Å². The lowest BCUT2D eigenvalue weighted by atomic mass is 9.45. The van der Waals surface area contributed by atoms with E-state index >= 15 is 0 Å². The number of hydrogen-bond acceptors (Lipinski definition) is 2. The smallest absolute Gasteiger partial charge is 0.306 e. The van der Waals surface area contributed by atoms with Crippen LogP contribution >= 0.6 is 0 Å². The summed E-state index contributed by atoms with van der Waals surface area (Å²) in [4.78, 5) is 11.8. The second-order valence-electron chi connectivity index (χ2n) is 7.98. The molecule has 0 spiro atoms. The second-order valence-corrected chi connectivity index (χ2v) is 7.98. The Labute approximate surface area is 110 Å². The first-order chi connectivity index (χ1) is 8.28. The van der Waals surface area contributed by atoms with Gasteiger partial charge < -0.3 is 4.74 Å². The predicted octanol–water partition coefficient (Wildman–Crippen LogP) is 3.93. The Morgan fingerprint density at radius 1 is 1.06 bits per heavy atom. The summed E-state index contributed by atoms with van der Waals surface area (Å²) in [7, 11) is 0. The van der Waals surface area contributed by atoms with Crippen LogP contribution < -0.4 is 0 Å². The van der Waals surface area contributed by atoms with Crippen molar-refractivity contribution in [2.24, 2.45) is 22.7 Å². The Hall–Kier alpha value is -0.530. The molecule has 0 amide bonds. The van der Waals surface area contributed by atoms with Gasteiger partial charge in [-0.1, -0.05) is 27.2 Å². The molecule has 2 unspecified atom stereocenters. The largest absolute Gasteiger partial charge is 0.459 e. The van der Waals surface area contributed by atoms with Gasteiger partial charge in [0, 0.05) is 5.92 Å². The maximum absolute atomic E-state index is 11.8. The molecule has 2 nitrogen and oxygen atoms in total. The fourth-order valence-corrected chi connectivity index (χ4v) is 5.65. The highest BCUT2D eigenvalue weighted by Gasteiger charge is 2.62. The lowest BCUT2D eigenvalue weighted by Gasteiger charge is -2.59. The summed E-state index contributed by atoms with van der Waals surface area (Å²) < 4.78 is 5.70. The first-order valence-corrected chi connectivity index (χ1v) is 7.50. The van der Waals surface area contributed by atoms with Crippen LogP contribution in [0.25, 0.3) is 0 Å². The van der Waals surface area contributed by atoms with E-state index in [1.165, 1.54) is 25.7 Å². The first kappa shape index (κ1) is 12.5. The van der Waals surface area contributed by atoms with E-state index in [4.69, 9.17) is 4.74 Å².